The molecule has 1 saturated heterocycles. The van der Waals surface area contributed by atoms with Crippen LogP contribution in [0.1, 0.15) is 36.8 Å². The van der Waals surface area contributed by atoms with Crippen LogP contribution in [0.25, 0.3) is 0 Å². The molecule has 3 amide bonds. The van der Waals surface area contributed by atoms with E-state index in [4.69, 9.17) is 0 Å². The molecule has 1 heterocycles. The van der Waals surface area contributed by atoms with Gasteiger partial charge in [-0.25, -0.2) is 4.79 Å². The normalized spacial score (nSPS) is 14.3. The summed E-state index contributed by atoms with van der Waals surface area (Å²) < 4.78 is 0. The zero-order chi connectivity index (χ0) is 19.1. The predicted octanol–water partition coefficient (Wildman–Crippen LogP) is 4.58. The Kier molecular flexibility index (Phi) is 6.47. The third-order valence-electron chi connectivity index (χ3n) is 4.93. The molecule has 0 unspecified atom stereocenters. The summed E-state index contributed by atoms with van der Waals surface area (Å²) >= 11 is 0. The number of rotatable bonds is 4. The monoisotopic (exact) mass is 365 g/mol. The van der Waals surface area contributed by atoms with Crippen molar-refractivity contribution in [1.29, 1.82) is 0 Å². The van der Waals surface area contributed by atoms with Gasteiger partial charge in [-0.2, -0.15) is 0 Å². The Morgan fingerprint density at radius 2 is 1.44 bits per heavy atom. The second-order valence-corrected chi connectivity index (χ2v) is 7.06. The van der Waals surface area contributed by atoms with Crippen molar-refractivity contribution in [2.45, 2.75) is 39.0 Å². The topological polar surface area (TPSA) is 61.4 Å². The first-order valence-corrected chi connectivity index (χ1v) is 9.62. The summed E-state index contributed by atoms with van der Waals surface area (Å²) in [6, 6.07) is 15.1. The summed E-state index contributed by atoms with van der Waals surface area (Å²) in [5, 5.41) is 5.85. The van der Waals surface area contributed by atoms with Crippen LogP contribution in [0.2, 0.25) is 0 Å². The van der Waals surface area contributed by atoms with Crippen molar-refractivity contribution >= 4 is 23.3 Å². The Hall–Kier alpha value is -2.82. The minimum absolute atomic E-state index is 0.0479. The van der Waals surface area contributed by atoms with Crippen LogP contribution in [-0.4, -0.2) is 29.9 Å². The number of nitrogens with one attached hydrogen (secondary N) is 2. The average molecular weight is 365 g/mol. The Bertz CT molecular complexity index is 778. The van der Waals surface area contributed by atoms with Crippen molar-refractivity contribution in [2.75, 3.05) is 23.7 Å². The van der Waals surface area contributed by atoms with E-state index in [1.807, 2.05) is 60.4 Å². The van der Waals surface area contributed by atoms with Gasteiger partial charge in [-0.15, -0.1) is 0 Å². The molecule has 2 aromatic rings. The minimum atomic E-state index is -0.0503. The Balaban J connectivity index is 1.53. The second kappa shape index (κ2) is 9.21. The molecule has 1 aliphatic rings. The molecule has 1 aliphatic heterocycles. The third kappa shape index (κ3) is 5.58. The SMILES string of the molecule is Cc1ccccc1CC(=O)Nc1ccc(NC(=O)N2CCCCCC2)cc1. The van der Waals surface area contributed by atoms with Gasteiger partial charge in [-0.05, 0) is 55.2 Å². The van der Waals surface area contributed by atoms with Gasteiger partial charge in [0.05, 0.1) is 6.42 Å². The van der Waals surface area contributed by atoms with Crippen LogP contribution in [0, 0.1) is 6.92 Å². The van der Waals surface area contributed by atoms with Crippen LogP contribution in [0.3, 0.4) is 0 Å². The highest BCUT2D eigenvalue weighted by Crippen LogP contribution is 2.17. The molecule has 2 N–H and O–H groups in total. The fraction of sp³-hybridized carbons (Fsp3) is 0.364. The summed E-state index contributed by atoms with van der Waals surface area (Å²) in [6.45, 7) is 3.64. The first-order chi connectivity index (χ1) is 13.1. The van der Waals surface area contributed by atoms with E-state index in [1.54, 1.807) is 0 Å². The van der Waals surface area contributed by atoms with Gasteiger partial charge in [0.1, 0.15) is 0 Å². The number of carbonyl (C=O) groups is 2. The maximum absolute atomic E-state index is 12.4. The molecule has 2 aromatic carbocycles. The maximum Gasteiger partial charge on any atom is 0.321 e. The van der Waals surface area contributed by atoms with Crippen LogP contribution in [0.15, 0.2) is 48.5 Å². The van der Waals surface area contributed by atoms with Crippen LogP contribution < -0.4 is 10.6 Å². The summed E-state index contributed by atoms with van der Waals surface area (Å²) in [6.07, 6.45) is 4.88. The number of amides is 3. The van der Waals surface area contributed by atoms with Crippen LogP contribution >= 0.6 is 0 Å². The van der Waals surface area contributed by atoms with Gasteiger partial charge in [0, 0.05) is 24.5 Å². The first kappa shape index (κ1) is 19.0. The molecule has 5 nitrogen and oxygen atoms in total. The van der Waals surface area contributed by atoms with E-state index in [1.165, 1.54) is 12.8 Å². The quantitative estimate of drug-likeness (QED) is 0.833. The smallest absolute Gasteiger partial charge is 0.321 e. The molecule has 0 atom stereocenters. The zero-order valence-electron chi connectivity index (χ0n) is 15.8. The number of hydrogen-bond acceptors (Lipinski definition) is 2. The van der Waals surface area contributed by atoms with Crippen LogP contribution in [0.5, 0.6) is 0 Å². The number of likely N-dealkylation sites (tertiary alicyclic amines) is 1. The molecular weight excluding hydrogens is 338 g/mol. The fourth-order valence-electron chi connectivity index (χ4n) is 3.30. The molecule has 0 saturated carbocycles. The lowest BCUT2D eigenvalue weighted by atomic mass is 10.1. The van der Waals surface area contributed by atoms with E-state index >= 15 is 0 Å². The first-order valence-electron chi connectivity index (χ1n) is 9.62. The van der Waals surface area contributed by atoms with E-state index in [9.17, 15) is 9.59 Å². The molecule has 0 spiro atoms. The number of aryl methyl sites for hydroxylation is 1. The fourth-order valence-corrected chi connectivity index (χ4v) is 3.30. The number of anilines is 2. The number of benzene rings is 2. The maximum atomic E-state index is 12.4. The van der Waals surface area contributed by atoms with Crippen molar-refractivity contribution in [1.82, 2.24) is 4.90 Å². The second-order valence-electron chi connectivity index (χ2n) is 7.06. The largest absolute Gasteiger partial charge is 0.326 e. The molecule has 142 valence electrons. The van der Waals surface area contributed by atoms with E-state index in [2.05, 4.69) is 10.6 Å². The minimum Gasteiger partial charge on any atom is -0.326 e. The molecule has 5 heteroatoms. The number of urea groups is 1. The highest BCUT2D eigenvalue weighted by molar-refractivity contribution is 5.93. The van der Waals surface area contributed by atoms with Gasteiger partial charge < -0.3 is 15.5 Å². The van der Waals surface area contributed by atoms with Crippen molar-refractivity contribution in [3.63, 3.8) is 0 Å². The van der Waals surface area contributed by atoms with Gasteiger partial charge in [0.25, 0.3) is 0 Å². The lowest BCUT2D eigenvalue weighted by Gasteiger charge is -2.20. The predicted molar refractivity (Wildman–Crippen MR) is 109 cm³/mol. The zero-order valence-corrected chi connectivity index (χ0v) is 15.8. The van der Waals surface area contributed by atoms with E-state index < -0.39 is 0 Å². The van der Waals surface area contributed by atoms with E-state index in [0.29, 0.717) is 6.42 Å². The molecule has 0 aromatic heterocycles. The van der Waals surface area contributed by atoms with Gasteiger partial charge >= 0.3 is 6.03 Å². The highest BCUT2D eigenvalue weighted by atomic mass is 16.2. The van der Waals surface area contributed by atoms with Crippen LogP contribution in [0.4, 0.5) is 16.2 Å². The Morgan fingerprint density at radius 1 is 0.852 bits per heavy atom. The molecule has 3 rings (SSSR count). The van der Waals surface area contributed by atoms with Crippen molar-refractivity contribution in [2.24, 2.45) is 0 Å². The molecule has 1 fully saturated rings. The number of nitrogens with zero attached hydrogens (tertiary/aromatic N) is 1. The van der Waals surface area contributed by atoms with Gasteiger partial charge in [0.2, 0.25) is 5.91 Å². The Labute approximate surface area is 160 Å². The molecular formula is C22H27N3O2. The van der Waals surface area contributed by atoms with Crippen LogP contribution in [-0.2, 0) is 11.2 Å². The number of carbonyl (C=O) groups excluding carboxylic acids is 2. The highest BCUT2D eigenvalue weighted by Gasteiger charge is 2.15. The Morgan fingerprint density at radius 3 is 2.07 bits per heavy atom. The van der Waals surface area contributed by atoms with Gasteiger partial charge in [-0.1, -0.05) is 37.1 Å². The van der Waals surface area contributed by atoms with Gasteiger partial charge in [-0.3, -0.25) is 4.79 Å². The summed E-state index contributed by atoms with van der Waals surface area (Å²) in [7, 11) is 0. The van der Waals surface area contributed by atoms with Crippen molar-refractivity contribution < 1.29 is 9.59 Å². The van der Waals surface area contributed by atoms with Gasteiger partial charge in [0.15, 0.2) is 0 Å². The standard InChI is InChI=1S/C22H27N3O2/c1-17-8-4-5-9-18(17)16-21(26)23-19-10-12-20(13-11-19)24-22(27)25-14-6-2-3-7-15-25/h4-5,8-13H,2-3,6-7,14-16H2,1H3,(H,23,26)(H,24,27). The number of hydrogen-bond donors (Lipinski definition) is 2. The molecule has 0 aliphatic carbocycles. The molecule has 0 bridgehead atoms. The third-order valence-corrected chi connectivity index (χ3v) is 4.93. The average Bonchev–Trinajstić information content (AvgIpc) is 2.95. The summed E-state index contributed by atoms with van der Waals surface area (Å²) in [5.41, 5.74) is 3.60. The lowest BCUT2D eigenvalue weighted by Crippen LogP contribution is -2.35. The van der Waals surface area contributed by atoms with Crippen molar-refractivity contribution in [3.05, 3.63) is 59.7 Å². The summed E-state index contributed by atoms with van der Waals surface area (Å²) in [4.78, 5) is 26.5. The molecule has 0 radical (unpaired) electrons. The molecule has 27 heavy (non-hydrogen) atoms. The lowest BCUT2D eigenvalue weighted by molar-refractivity contribution is -0.115. The van der Waals surface area contributed by atoms with E-state index in [0.717, 1.165) is 48.4 Å². The summed E-state index contributed by atoms with van der Waals surface area (Å²) in [5.74, 6) is -0.0503. The van der Waals surface area contributed by atoms with Crippen molar-refractivity contribution in [3.8, 4) is 0 Å². The van der Waals surface area contributed by atoms with E-state index in [-0.39, 0.29) is 11.9 Å².